The first-order valence-electron chi connectivity index (χ1n) is 10.9. The fourth-order valence-corrected chi connectivity index (χ4v) is 5.62. The molecule has 29 heavy (non-hydrogen) atoms. The molecule has 1 atom stereocenters. The Morgan fingerprint density at radius 2 is 1.62 bits per heavy atom. The van der Waals surface area contributed by atoms with Crippen LogP contribution in [-0.2, 0) is 16.8 Å². The van der Waals surface area contributed by atoms with E-state index in [9.17, 15) is 4.79 Å². The lowest BCUT2D eigenvalue weighted by atomic mass is 9.73. The van der Waals surface area contributed by atoms with E-state index in [1.54, 1.807) is 14.2 Å². The Hall–Kier alpha value is -1.46. The Kier molecular flexibility index (Phi) is 7.00. The third-order valence-electron chi connectivity index (χ3n) is 7.20. The molecule has 0 bridgehead atoms. The molecule has 0 N–H and O–H groups in total. The highest BCUT2D eigenvalue weighted by molar-refractivity contribution is 5.85. The number of carbonyl (C=O) groups excluding carboxylic acids is 1. The number of halogens is 1. The molecule has 5 nitrogen and oxygen atoms in total. The van der Waals surface area contributed by atoms with Crippen molar-refractivity contribution in [2.75, 3.05) is 33.9 Å². The molecular weight excluding hydrogens is 388 g/mol. The van der Waals surface area contributed by atoms with Crippen molar-refractivity contribution in [1.29, 1.82) is 0 Å². The highest BCUT2D eigenvalue weighted by Crippen LogP contribution is 2.48. The van der Waals surface area contributed by atoms with Crippen LogP contribution in [0, 0.1) is 0 Å². The molecule has 2 fully saturated rings. The number of carbonyl (C=O) groups is 1. The molecule has 1 aromatic rings. The van der Waals surface area contributed by atoms with Crippen LogP contribution in [0.2, 0.25) is 0 Å². The number of amides is 1. The number of hydrogen-bond donors (Lipinski definition) is 0. The predicted molar refractivity (Wildman–Crippen MR) is 117 cm³/mol. The van der Waals surface area contributed by atoms with Crippen LogP contribution < -0.4 is 9.47 Å². The molecule has 0 radical (unpaired) electrons. The molecule has 1 spiro atoms. The molecule has 1 aromatic carbocycles. The summed E-state index contributed by atoms with van der Waals surface area (Å²) in [5.41, 5.74) is 2.67. The van der Waals surface area contributed by atoms with E-state index in [0.717, 1.165) is 44.0 Å². The van der Waals surface area contributed by atoms with Gasteiger partial charge in [-0.25, -0.2) is 0 Å². The number of ether oxygens (including phenoxy) is 2. The summed E-state index contributed by atoms with van der Waals surface area (Å²) < 4.78 is 11.1. The first-order chi connectivity index (χ1) is 13.6. The van der Waals surface area contributed by atoms with E-state index in [2.05, 4.69) is 28.9 Å². The topological polar surface area (TPSA) is 42.0 Å². The van der Waals surface area contributed by atoms with Crippen molar-refractivity contribution in [3.8, 4) is 11.5 Å². The zero-order valence-corrected chi connectivity index (χ0v) is 18.9. The van der Waals surface area contributed by atoms with Gasteiger partial charge in [0.2, 0.25) is 5.91 Å². The Balaban J connectivity index is 0.00000240. The second kappa shape index (κ2) is 9.13. The minimum Gasteiger partial charge on any atom is -0.493 e. The normalized spacial score (nSPS) is 22.0. The Morgan fingerprint density at radius 3 is 2.24 bits per heavy atom. The fourth-order valence-electron chi connectivity index (χ4n) is 5.62. The van der Waals surface area contributed by atoms with Crippen LogP contribution in [0.3, 0.4) is 0 Å². The minimum absolute atomic E-state index is 0. The second-order valence-corrected chi connectivity index (χ2v) is 8.82. The third kappa shape index (κ3) is 4.09. The van der Waals surface area contributed by atoms with E-state index in [1.165, 1.54) is 43.2 Å². The lowest BCUT2D eigenvalue weighted by Gasteiger charge is -2.44. The predicted octanol–water partition coefficient (Wildman–Crippen LogP) is 4.15. The molecule has 2 aliphatic heterocycles. The molecule has 6 heteroatoms. The number of methoxy groups -OCH3 is 2. The van der Waals surface area contributed by atoms with Crippen LogP contribution in [0.4, 0.5) is 0 Å². The lowest BCUT2D eigenvalue weighted by Crippen LogP contribution is -2.53. The summed E-state index contributed by atoms with van der Waals surface area (Å²) in [6.07, 6.45) is 8.48. The Morgan fingerprint density at radius 1 is 1.00 bits per heavy atom. The summed E-state index contributed by atoms with van der Waals surface area (Å²) in [6.45, 7) is 5.71. The highest BCUT2D eigenvalue weighted by atomic mass is 35.5. The van der Waals surface area contributed by atoms with Gasteiger partial charge in [-0.1, -0.05) is 19.3 Å². The van der Waals surface area contributed by atoms with Gasteiger partial charge >= 0.3 is 0 Å². The van der Waals surface area contributed by atoms with E-state index in [-0.39, 0.29) is 29.8 Å². The van der Waals surface area contributed by atoms with Gasteiger partial charge in [0, 0.05) is 18.5 Å². The van der Waals surface area contributed by atoms with Crippen molar-refractivity contribution in [2.45, 2.75) is 69.9 Å². The maximum absolute atomic E-state index is 13.5. The maximum Gasteiger partial charge on any atom is 0.239 e. The molecule has 2 heterocycles. The van der Waals surface area contributed by atoms with E-state index < -0.39 is 0 Å². The monoisotopic (exact) mass is 422 g/mol. The van der Waals surface area contributed by atoms with Crippen molar-refractivity contribution >= 4 is 18.3 Å². The number of nitrogens with zero attached hydrogens (tertiary/aromatic N) is 2. The number of piperidine rings is 1. The summed E-state index contributed by atoms with van der Waals surface area (Å²) in [5.74, 6) is 1.84. The van der Waals surface area contributed by atoms with Crippen molar-refractivity contribution in [2.24, 2.45) is 0 Å². The summed E-state index contributed by atoms with van der Waals surface area (Å²) in [5, 5.41) is 0. The molecule has 1 saturated heterocycles. The van der Waals surface area contributed by atoms with Crippen LogP contribution >= 0.6 is 12.4 Å². The van der Waals surface area contributed by atoms with Gasteiger partial charge in [0.1, 0.15) is 0 Å². The number of likely N-dealkylation sites (tertiary alicyclic amines) is 1. The van der Waals surface area contributed by atoms with Gasteiger partial charge in [-0.05, 0) is 69.0 Å². The van der Waals surface area contributed by atoms with Crippen molar-refractivity contribution < 1.29 is 14.3 Å². The van der Waals surface area contributed by atoms with Crippen LogP contribution in [0.1, 0.15) is 63.0 Å². The summed E-state index contributed by atoms with van der Waals surface area (Å²) in [6, 6.07) is 4.25. The molecule has 4 rings (SSSR count). The van der Waals surface area contributed by atoms with Crippen molar-refractivity contribution in [3.63, 3.8) is 0 Å². The largest absolute Gasteiger partial charge is 0.493 e. The summed E-state index contributed by atoms with van der Waals surface area (Å²) >= 11 is 0. The lowest BCUT2D eigenvalue weighted by molar-refractivity contribution is -0.139. The van der Waals surface area contributed by atoms with Gasteiger partial charge < -0.3 is 14.4 Å². The van der Waals surface area contributed by atoms with E-state index in [1.807, 2.05) is 0 Å². The number of hydrogen-bond acceptors (Lipinski definition) is 4. The van der Waals surface area contributed by atoms with Crippen LogP contribution in [0.25, 0.3) is 0 Å². The van der Waals surface area contributed by atoms with Gasteiger partial charge in [-0.3, -0.25) is 9.69 Å². The van der Waals surface area contributed by atoms with Gasteiger partial charge in [-0.15, -0.1) is 12.4 Å². The summed E-state index contributed by atoms with van der Waals surface area (Å²) in [4.78, 5) is 17.9. The first kappa shape index (κ1) is 22.2. The zero-order valence-electron chi connectivity index (χ0n) is 18.0. The molecule has 1 amide bonds. The van der Waals surface area contributed by atoms with Gasteiger partial charge in [0.25, 0.3) is 0 Å². The first-order valence-corrected chi connectivity index (χ1v) is 10.9. The standard InChI is InChI=1S/C23H34N2O3.ClH/c1-17(24-11-7-4-8-12-24)22(26)25-15-18-13-20(27-2)21(28-3)14-19(18)23(16-25)9-5-6-10-23;/h13-14,17H,4-12,15-16H2,1-3H3;1H. The molecule has 1 unspecified atom stereocenters. The number of fused-ring (bicyclic) bond motifs is 2. The molecule has 1 saturated carbocycles. The molecule has 3 aliphatic rings. The molecule has 0 aromatic heterocycles. The Labute approximate surface area is 181 Å². The average Bonchev–Trinajstić information content (AvgIpc) is 3.21. The van der Waals surface area contributed by atoms with Gasteiger partial charge in [-0.2, -0.15) is 0 Å². The SMILES string of the molecule is COc1cc2c(cc1OC)C1(CCCC1)CN(C(=O)C(C)N1CCCCC1)C2.Cl. The van der Waals surface area contributed by atoms with Crippen LogP contribution in [0.5, 0.6) is 11.5 Å². The average molecular weight is 423 g/mol. The zero-order chi connectivity index (χ0) is 19.7. The Bertz CT molecular complexity index is 727. The van der Waals surface area contributed by atoms with E-state index in [4.69, 9.17) is 9.47 Å². The molecule has 162 valence electrons. The molecule has 1 aliphatic carbocycles. The van der Waals surface area contributed by atoms with Crippen molar-refractivity contribution in [3.05, 3.63) is 23.3 Å². The van der Waals surface area contributed by atoms with Crippen LogP contribution in [0.15, 0.2) is 12.1 Å². The van der Waals surface area contributed by atoms with Gasteiger partial charge in [0.05, 0.1) is 20.3 Å². The van der Waals surface area contributed by atoms with Crippen molar-refractivity contribution in [1.82, 2.24) is 9.80 Å². The highest BCUT2D eigenvalue weighted by Gasteiger charge is 2.44. The van der Waals surface area contributed by atoms with Gasteiger partial charge in [0.15, 0.2) is 11.5 Å². The van der Waals surface area contributed by atoms with E-state index in [0.29, 0.717) is 6.54 Å². The fraction of sp³-hybridized carbons (Fsp3) is 0.696. The summed E-state index contributed by atoms with van der Waals surface area (Å²) in [7, 11) is 3.38. The minimum atomic E-state index is -0.0274. The molecular formula is C23H35ClN2O3. The number of benzene rings is 1. The third-order valence-corrected chi connectivity index (χ3v) is 7.20. The second-order valence-electron chi connectivity index (χ2n) is 8.82. The number of rotatable bonds is 4. The van der Waals surface area contributed by atoms with E-state index >= 15 is 0 Å². The smallest absolute Gasteiger partial charge is 0.239 e. The quantitative estimate of drug-likeness (QED) is 0.730. The maximum atomic E-state index is 13.5. The van der Waals surface area contributed by atoms with Crippen LogP contribution in [-0.4, -0.2) is 55.6 Å².